The van der Waals surface area contributed by atoms with E-state index in [1.54, 1.807) is 0 Å². The predicted molar refractivity (Wildman–Crippen MR) is 77.9 cm³/mol. The fourth-order valence-corrected chi connectivity index (χ4v) is 2.61. The molecular weight excluding hydrogens is 308 g/mol. The van der Waals surface area contributed by atoms with E-state index < -0.39 is 5.97 Å². The molecule has 2 rings (SSSR count). The van der Waals surface area contributed by atoms with Gasteiger partial charge in [-0.2, -0.15) is 0 Å². The molecule has 2 aliphatic rings. The zero-order chi connectivity index (χ0) is 14.2. The van der Waals surface area contributed by atoms with Crippen LogP contribution >= 0.6 is 15.9 Å². The van der Waals surface area contributed by atoms with E-state index in [1.165, 1.54) is 7.11 Å². The van der Waals surface area contributed by atoms with Crippen molar-refractivity contribution in [3.8, 4) is 16.9 Å². The van der Waals surface area contributed by atoms with Crippen molar-refractivity contribution in [3.63, 3.8) is 0 Å². The molecule has 100 valence electrons. The summed E-state index contributed by atoms with van der Waals surface area (Å²) in [5, 5.41) is 10.1. The second-order valence-corrected chi connectivity index (χ2v) is 5.47. The Bertz CT molecular complexity index is 605. The summed E-state index contributed by atoms with van der Waals surface area (Å²) in [6.45, 7) is 4.16. The van der Waals surface area contributed by atoms with Crippen molar-refractivity contribution in [1.82, 2.24) is 0 Å². The van der Waals surface area contributed by atoms with Gasteiger partial charge in [-0.15, -0.1) is 0 Å². The number of hydrogen-bond donors (Lipinski definition) is 1. The molecule has 0 fully saturated rings. The van der Waals surface area contributed by atoms with E-state index in [-0.39, 0.29) is 11.3 Å². The SMILES string of the molecule is COC(=O)c1c2cc(C(C)C)cccc-2c(Br)c1O. The van der Waals surface area contributed by atoms with E-state index in [0.717, 1.165) is 11.1 Å². The van der Waals surface area contributed by atoms with Crippen LogP contribution in [0.5, 0.6) is 5.75 Å². The van der Waals surface area contributed by atoms with Crippen molar-refractivity contribution in [2.45, 2.75) is 19.8 Å². The van der Waals surface area contributed by atoms with E-state index in [0.29, 0.717) is 16.0 Å². The monoisotopic (exact) mass is 322 g/mol. The lowest BCUT2D eigenvalue weighted by atomic mass is 10.0. The first-order chi connectivity index (χ1) is 8.97. The molecule has 0 spiro atoms. The Balaban J connectivity index is 2.79. The van der Waals surface area contributed by atoms with Crippen LogP contribution in [-0.2, 0) is 4.74 Å². The summed E-state index contributed by atoms with van der Waals surface area (Å²) in [6.07, 6.45) is 0. The number of methoxy groups -OCH3 is 1. The van der Waals surface area contributed by atoms with Crippen LogP contribution in [0, 0.1) is 0 Å². The van der Waals surface area contributed by atoms with Crippen LogP contribution in [0.15, 0.2) is 28.7 Å². The Hall–Kier alpha value is -1.55. The molecule has 0 bridgehead atoms. The van der Waals surface area contributed by atoms with Gasteiger partial charge < -0.3 is 9.84 Å². The maximum absolute atomic E-state index is 11.8. The number of rotatable bonds is 2. The van der Waals surface area contributed by atoms with Crippen LogP contribution in [0.3, 0.4) is 0 Å². The standard InChI is InChI=1S/C15H15BrO3/c1-8(2)9-5-4-6-10-11(7-9)12(15(18)19-3)14(17)13(10)16/h4-8,17H,1-3H3. The van der Waals surface area contributed by atoms with Crippen LogP contribution in [0.1, 0.15) is 35.7 Å². The van der Waals surface area contributed by atoms with Gasteiger partial charge in [0.15, 0.2) is 0 Å². The zero-order valence-corrected chi connectivity index (χ0v) is 12.6. The maximum atomic E-state index is 11.8. The van der Waals surface area contributed by atoms with E-state index >= 15 is 0 Å². The minimum absolute atomic E-state index is 0.0669. The molecule has 0 aliphatic heterocycles. The molecule has 0 aromatic carbocycles. The van der Waals surface area contributed by atoms with Gasteiger partial charge in [0.25, 0.3) is 0 Å². The van der Waals surface area contributed by atoms with Crippen molar-refractivity contribution in [1.29, 1.82) is 0 Å². The van der Waals surface area contributed by atoms with Crippen molar-refractivity contribution in [3.05, 3.63) is 39.9 Å². The molecule has 0 unspecified atom stereocenters. The largest absolute Gasteiger partial charge is 0.506 e. The van der Waals surface area contributed by atoms with Gasteiger partial charge in [-0.05, 0) is 33.5 Å². The van der Waals surface area contributed by atoms with Gasteiger partial charge in [-0.1, -0.05) is 32.0 Å². The van der Waals surface area contributed by atoms with Crippen LogP contribution in [0.4, 0.5) is 0 Å². The lowest BCUT2D eigenvalue weighted by Gasteiger charge is -2.04. The average Bonchev–Trinajstić information content (AvgIpc) is 2.57. The number of fused-ring (bicyclic) bond motifs is 1. The van der Waals surface area contributed by atoms with E-state index in [4.69, 9.17) is 4.74 Å². The van der Waals surface area contributed by atoms with Gasteiger partial charge in [0.2, 0.25) is 0 Å². The average molecular weight is 323 g/mol. The minimum Gasteiger partial charge on any atom is -0.506 e. The number of ether oxygens (including phenoxy) is 1. The summed E-state index contributed by atoms with van der Waals surface area (Å²) >= 11 is 3.32. The third kappa shape index (κ3) is 2.32. The van der Waals surface area contributed by atoms with Crippen LogP contribution in [0.25, 0.3) is 11.1 Å². The van der Waals surface area contributed by atoms with E-state index in [1.807, 2.05) is 24.3 Å². The highest BCUT2D eigenvalue weighted by molar-refractivity contribution is 9.10. The molecule has 2 aliphatic carbocycles. The Kier molecular flexibility index (Phi) is 3.80. The first kappa shape index (κ1) is 13.9. The topological polar surface area (TPSA) is 46.5 Å². The predicted octanol–water partition coefficient (Wildman–Crippen LogP) is 4.17. The molecule has 0 amide bonds. The van der Waals surface area contributed by atoms with Crippen LogP contribution in [-0.4, -0.2) is 18.2 Å². The second-order valence-electron chi connectivity index (χ2n) is 4.68. The summed E-state index contributed by atoms with van der Waals surface area (Å²) in [5.41, 5.74) is 2.80. The molecule has 0 atom stereocenters. The summed E-state index contributed by atoms with van der Waals surface area (Å²) in [7, 11) is 1.31. The first-order valence-electron chi connectivity index (χ1n) is 5.99. The number of aromatic hydroxyl groups is 1. The van der Waals surface area contributed by atoms with Crippen molar-refractivity contribution < 1.29 is 14.6 Å². The van der Waals surface area contributed by atoms with Gasteiger partial charge in [-0.3, -0.25) is 0 Å². The quantitative estimate of drug-likeness (QED) is 0.844. The second kappa shape index (κ2) is 5.21. The van der Waals surface area contributed by atoms with E-state index in [2.05, 4.69) is 29.8 Å². The molecule has 0 aromatic heterocycles. The van der Waals surface area contributed by atoms with Gasteiger partial charge >= 0.3 is 5.97 Å². The molecule has 19 heavy (non-hydrogen) atoms. The number of carbonyl (C=O) groups is 1. The minimum atomic E-state index is -0.533. The highest BCUT2D eigenvalue weighted by Crippen LogP contribution is 2.45. The third-order valence-corrected chi connectivity index (χ3v) is 3.96. The molecular formula is C15H15BrO3. The number of halogens is 1. The van der Waals surface area contributed by atoms with Gasteiger partial charge in [0.05, 0.1) is 11.6 Å². The molecule has 0 saturated carbocycles. The number of hydrogen-bond acceptors (Lipinski definition) is 3. The van der Waals surface area contributed by atoms with Crippen LogP contribution in [0.2, 0.25) is 0 Å². The maximum Gasteiger partial charge on any atom is 0.342 e. The molecule has 3 nitrogen and oxygen atoms in total. The molecule has 4 heteroatoms. The summed E-state index contributed by atoms with van der Waals surface area (Å²) in [4.78, 5) is 11.8. The van der Waals surface area contributed by atoms with Gasteiger partial charge in [0.1, 0.15) is 11.3 Å². The fourth-order valence-electron chi connectivity index (χ4n) is 2.07. The highest BCUT2D eigenvalue weighted by Gasteiger charge is 2.26. The Labute approximate surface area is 120 Å². The Morgan fingerprint density at radius 2 is 2.00 bits per heavy atom. The zero-order valence-electron chi connectivity index (χ0n) is 11.0. The van der Waals surface area contributed by atoms with Crippen molar-refractivity contribution >= 4 is 21.9 Å². The van der Waals surface area contributed by atoms with Gasteiger partial charge in [0, 0.05) is 11.1 Å². The smallest absolute Gasteiger partial charge is 0.342 e. The van der Waals surface area contributed by atoms with Gasteiger partial charge in [-0.25, -0.2) is 4.79 Å². The van der Waals surface area contributed by atoms with Crippen molar-refractivity contribution in [2.24, 2.45) is 0 Å². The summed E-state index contributed by atoms with van der Waals surface area (Å²) < 4.78 is 5.27. The Morgan fingerprint density at radius 3 is 2.58 bits per heavy atom. The molecule has 1 N–H and O–H groups in total. The summed E-state index contributed by atoms with van der Waals surface area (Å²) in [6, 6.07) is 7.73. The summed E-state index contributed by atoms with van der Waals surface area (Å²) in [5.74, 6) is -0.270. The third-order valence-electron chi connectivity index (χ3n) is 3.16. The number of carbonyl (C=O) groups excluding carboxylic acids is 1. The molecule has 0 radical (unpaired) electrons. The number of esters is 1. The first-order valence-corrected chi connectivity index (χ1v) is 6.79. The normalized spacial score (nSPS) is 11.0. The van der Waals surface area contributed by atoms with Crippen molar-refractivity contribution in [2.75, 3.05) is 7.11 Å². The van der Waals surface area contributed by atoms with Crippen LogP contribution < -0.4 is 0 Å². The highest BCUT2D eigenvalue weighted by atomic mass is 79.9. The lowest BCUT2D eigenvalue weighted by Crippen LogP contribution is -2.01. The molecule has 0 saturated heterocycles. The molecule has 0 aromatic rings. The molecule has 0 heterocycles. The van der Waals surface area contributed by atoms with E-state index in [9.17, 15) is 9.90 Å². The Morgan fingerprint density at radius 1 is 1.32 bits per heavy atom. The fraction of sp³-hybridized carbons (Fsp3) is 0.267. The lowest BCUT2D eigenvalue weighted by molar-refractivity contribution is 0.0599.